The van der Waals surface area contributed by atoms with Crippen LogP contribution in [0.25, 0.3) is 10.9 Å². The first-order chi connectivity index (χ1) is 11.6. The van der Waals surface area contributed by atoms with Crippen LogP contribution in [-0.2, 0) is 13.0 Å². The second-order valence-electron chi connectivity index (χ2n) is 6.03. The van der Waals surface area contributed by atoms with Crippen molar-refractivity contribution in [2.24, 2.45) is 0 Å². The van der Waals surface area contributed by atoms with Crippen LogP contribution in [0.2, 0.25) is 0 Å². The maximum Gasteiger partial charge on any atom is 0.293 e. The fraction of sp³-hybridized carbons (Fsp3) is 0.471. The Morgan fingerprint density at radius 2 is 2.12 bits per heavy atom. The lowest BCUT2D eigenvalue weighted by Gasteiger charge is -2.28. The van der Waals surface area contributed by atoms with Crippen LogP contribution in [0.4, 0.5) is 5.69 Å². The monoisotopic (exact) mass is 331 g/mol. The van der Waals surface area contributed by atoms with Crippen LogP contribution in [0, 0.1) is 10.1 Å². The van der Waals surface area contributed by atoms with E-state index in [1.807, 2.05) is 11.0 Å². The van der Waals surface area contributed by atoms with Crippen LogP contribution >= 0.6 is 0 Å². The largest absolute Gasteiger partial charge is 0.395 e. The van der Waals surface area contributed by atoms with E-state index in [0.29, 0.717) is 30.7 Å². The number of carbonyl (C=O) groups is 1. The van der Waals surface area contributed by atoms with Crippen molar-refractivity contribution in [3.05, 3.63) is 39.6 Å². The molecule has 1 aromatic carbocycles. The Labute approximate surface area is 139 Å². The zero-order valence-electron chi connectivity index (χ0n) is 13.7. The maximum absolute atomic E-state index is 12.9. The number of benzene rings is 1. The van der Waals surface area contributed by atoms with Crippen molar-refractivity contribution < 1.29 is 14.8 Å². The van der Waals surface area contributed by atoms with E-state index in [0.717, 1.165) is 23.8 Å². The van der Waals surface area contributed by atoms with Crippen LogP contribution in [-0.4, -0.2) is 45.1 Å². The van der Waals surface area contributed by atoms with Gasteiger partial charge in [0.15, 0.2) is 0 Å². The minimum atomic E-state index is -0.430. The van der Waals surface area contributed by atoms with Gasteiger partial charge in [0.1, 0.15) is 11.2 Å². The number of nitro benzene ring substituents is 1. The normalized spacial score (nSPS) is 14.2. The molecule has 3 rings (SSSR count). The number of carbonyl (C=O) groups excluding carboxylic acids is 1. The van der Waals surface area contributed by atoms with Crippen LogP contribution < -0.4 is 0 Å². The molecule has 24 heavy (non-hydrogen) atoms. The van der Waals surface area contributed by atoms with Gasteiger partial charge < -0.3 is 14.6 Å². The number of nitro groups is 1. The molecule has 128 valence electrons. The van der Waals surface area contributed by atoms with Crippen molar-refractivity contribution in [2.75, 3.05) is 19.7 Å². The van der Waals surface area contributed by atoms with E-state index >= 15 is 0 Å². The number of amides is 1. The number of para-hydroxylation sites is 1. The zero-order chi connectivity index (χ0) is 17.3. The number of fused-ring (bicyclic) bond motifs is 3. The third kappa shape index (κ3) is 2.54. The Morgan fingerprint density at radius 1 is 1.33 bits per heavy atom. The molecule has 0 fully saturated rings. The van der Waals surface area contributed by atoms with Crippen molar-refractivity contribution in [3.8, 4) is 0 Å². The van der Waals surface area contributed by atoms with Gasteiger partial charge in [-0.15, -0.1) is 0 Å². The summed E-state index contributed by atoms with van der Waals surface area (Å²) in [6.07, 6.45) is 2.62. The van der Waals surface area contributed by atoms with E-state index in [9.17, 15) is 20.0 Å². The summed E-state index contributed by atoms with van der Waals surface area (Å²) in [5.41, 5.74) is 1.77. The van der Waals surface area contributed by atoms with Gasteiger partial charge in [0.2, 0.25) is 0 Å². The topological polar surface area (TPSA) is 88.6 Å². The first-order valence-corrected chi connectivity index (χ1v) is 8.28. The summed E-state index contributed by atoms with van der Waals surface area (Å²) >= 11 is 0. The Balaban J connectivity index is 2.21. The van der Waals surface area contributed by atoms with Crippen LogP contribution in [0.15, 0.2) is 18.2 Å². The molecule has 2 heterocycles. The summed E-state index contributed by atoms with van der Waals surface area (Å²) in [6, 6.07) is 4.92. The molecule has 0 unspecified atom stereocenters. The number of rotatable bonds is 6. The van der Waals surface area contributed by atoms with Gasteiger partial charge in [0.05, 0.1) is 11.5 Å². The van der Waals surface area contributed by atoms with Gasteiger partial charge in [-0.05, 0) is 18.4 Å². The SMILES string of the molecule is CCCCN1CCc2c(n(CCO)c3c([N+](=O)[O-])cccc23)C1=O. The van der Waals surface area contributed by atoms with Crippen molar-refractivity contribution in [1.29, 1.82) is 0 Å². The summed E-state index contributed by atoms with van der Waals surface area (Å²) in [5, 5.41) is 21.6. The number of unbranched alkanes of at least 4 members (excludes halogenated alkanes) is 1. The van der Waals surface area contributed by atoms with Gasteiger partial charge in [-0.3, -0.25) is 14.9 Å². The van der Waals surface area contributed by atoms with E-state index in [1.165, 1.54) is 6.07 Å². The van der Waals surface area contributed by atoms with E-state index in [2.05, 4.69) is 6.92 Å². The molecule has 1 aromatic heterocycles. The Kier molecular flexibility index (Phi) is 4.53. The summed E-state index contributed by atoms with van der Waals surface area (Å²) < 4.78 is 1.63. The molecule has 7 heteroatoms. The molecule has 0 spiro atoms. The highest BCUT2D eigenvalue weighted by molar-refractivity contribution is 6.05. The zero-order valence-corrected chi connectivity index (χ0v) is 13.7. The number of nitrogens with zero attached hydrogens (tertiary/aromatic N) is 3. The highest BCUT2D eigenvalue weighted by Gasteiger charge is 2.32. The lowest BCUT2D eigenvalue weighted by atomic mass is 10.0. The highest BCUT2D eigenvalue weighted by Crippen LogP contribution is 2.35. The van der Waals surface area contributed by atoms with E-state index in [1.54, 1.807) is 10.6 Å². The fourth-order valence-corrected chi connectivity index (χ4v) is 3.49. The molecule has 1 aliphatic heterocycles. The molecule has 7 nitrogen and oxygen atoms in total. The highest BCUT2D eigenvalue weighted by atomic mass is 16.6. The molecule has 0 radical (unpaired) electrons. The summed E-state index contributed by atoms with van der Waals surface area (Å²) in [5.74, 6) is -0.0938. The van der Waals surface area contributed by atoms with Crippen molar-refractivity contribution in [2.45, 2.75) is 32.7 Å². The Hall–Kier alpha value is -2.41. The average molecular weight is 331 g/mol. The first kappa shape index (κ1) is 16.4. The number of hydrogen-bond donors (Lipinski definition) is 1. The quantitative estimate of drug-likeness (QED) is 0.650. The van der Waals surface area contributed by atoms with Gasteiger partial charge in [0.25, 0.3) is 11.6 Å². The van der Waals surface area contributed by atoms with Crippen molar-refractivity contribution in [1.82, 2.24) is 9.47 Å². The van der Waals surface area contributed by atoms with Gasteiger partial charge in [0, 0.05) is 31.1 Å². The van der Waals surface area contributed by atoms with Gasteiger partial charge >= 0.3 is 0 Å². The molecule has 0 atom stereocenters. The van der Waals surface area contributed by atoms with Crippen LogP contribution in [0.3, 0.4) is 0 Å². The molecule has 0 saturated heterocycles. The smallest absolute Gasteiger partial charge is 0.293 e. The minimum Gasteiger partial charge on any atom is -0.395 e. The third-order valence-corrected chi connectivity index (χ3v) is 4.59. The summed E-state index contributed by atoms with van der Waals surface area (Å²) in [7, 11) is 0. The molecular weight excluding hydrogens is 310 g/mol. The summed E-state index contributed by atoms with van der Waals surface area (Å²) in [4.78, 5) is 25.7. The van der Waals surface area contributed by atoms with E-state index < -0.39 is 4.92 Å². The van der Waals surface area contributed by atoms with Crippen LogP contribution in [0.5, 0.6) is 0 Å². The van der Waals surface area contributed by atoms with Gasteiger partial charge in [-0.1, -0.05) is 25.5 Å². The molecule has 0 saturated carbocycles. The Bertz CT molecular complexity index is 797. The molecule has 1 amide bonds. The maximum atomic E-state index is 12.9. The number of aliphatic hydroxyl groups is 1. The van der Waals surface area contributed by atoms with E-state index in [-0.39, 0.29) is 24.7 Å². The number of hydrogen-bond acceptors (Lipinski definition) is 4. The number of non-ortho nitro benzene ring substituents is 1. The first-order valence-electron chi connectivity index (χ1n) is 8.28. The molecule has 0 bridgehead atoms. The Morgan fingerprint density at radius 3 is 2.79 bits per heavy atom. The van der Waals surface area contributed by atoms with Gasteiger partial charge in [-0.25, -0.2) is 0 Å². The van der Waals surface area contributed by atoms with E-state index in [4.69, 9.17) is 0 Å². The minimum absolute atomic E-state index is 0.0248. The lowest BCUT2D eigenvalue weighted by Crippen LogP contribution is -2.39. The number of aliphatic hydroxyl groups excluding tert-OH is 1. The average Bonchev–Trinajstić information content (AvgIpc) is 2.89. The molecule has 1 aliphatic rings. The molecule has 2 aromatic rings. The predicted octanol–water partition coefficient (Wildman–Crippen LogP) is 2.34. The second-order valence-corrected chi connectivity index (χ2v) is 6.03. The molecule has 1 N–H and O–H groups in total. The van der Waals surface area contributed by atoms with Gasteiger partial charge in [-0.2, -0.15) is 0 Å². The van der Waals surface area contributed by atoms with Crippen molar-refractivity contribution >= 4 is 22.5 Å². The fourth-order valence-electron chi connectivity index (χ4n) is 3.49. The van der Waals surface area contributed by atoms with Crippen LogP contribution in [0.1, 0.15) is 35.8 Å². The predicted molar refractivity (Wildman–Crippen MR) is 90.2 cm³/mol. The second kappa shape index (κ2) is 6.60. The lowest BCUT2D eigenvalue weighted by molar-refractivity contribution is -0.383. The molecule has 0 aliphatic carbocycles. The standard InChI is InChI=1S/C17H21N3O4/c1-2-3-8-18-9-7-13-12-5-4-6-14(20(23)24)15(12)19(10-11-21)16(13)17(18)22/h4-6,21H,2-3,7-11H2,1H3. The number of aromatic nitrogens is 1. The summed E-state index contributed by atoms with van der Waals surface area (Å²) in [6.45, 7) is 3.39. The molecular formula is C17H21N3O4. The van der Waals surface area contributed by atoms with Crippen molar-refractivity contribution in [3.63, 3.8) is 0 Å². The third-order valence-electron chi connectivity index (χ3n) is 4.59.